The minimum Gasteiger partial charge on any atom is -0.331 e. The fraction of sp³-hybridized carbons (Fsp3) is 0.391. The van der Waals surface area contributed by atoms with E-state index in [4.69, 9.17) is 0 Å². The molecule has 3 rings (SSSR count). The van der Waals surface area contributed by atoms with E-state index in [9.17, 15) is 22.4 Å². The lowest BCUT2D eigenvalue weighted by molar-refractivity contribution is -0.122. The van der Waals surface area contributed by atoms with Crippen LogP contribution in [0.3, 0.4) is 0 Å². The Balaban J connectivity index is 1.54. The molecule has 10 heteroatoms. The van der Waals surface area contributed by atoms with Gasteiger partial charge in [-0.15, -0.1) is 11.8 Å². The van der Waals surface area contributed by atoms with Crippen molar-refractivity contribution in [1.82, 2.24) is 10.6 Å². The molecule has 1 aliphatic rings. The summed E-state index contributed by atoms with van der Waals surface area (Å²) in [5.74, 6) is -1.43. The van der Waals surface area contributed by atoms with Gasteiger partial charge >= 0.3 is 0 Å². The number of amides is 2. The van der Waals surface area contributed by atoms with Crippen LogP contribution >= 0.6 is 11.8 Å². The summed E-state index contributed by atoms with van der Waals surface area (Å²) >= 11 is 1.11. The van der Waals surface area contributed by atoms with Gasteiger partial charge < -0.3 is 10.6 Å². The quantitative estimate of drug-likeness (QED) is 0.496. The average Bonchev–Trinajstić information content (AvgIpc) is 2.79. The molecule has 1 aliphatic heterocycles. The molecular formula is C23H28FN3O4S2. The van der Waals surface area contributed by atoms with Crippen LogP contribution in [0.1, 0.15) is 30.9 Å². The molecule has 178 valence electrons. The first-order valence-corrected chi connectivity index (χ1v) is 13.3. The third-order valence-electron chi connectivity index (χ3n) is 5.35. The fourth-order valence-corrected chi connectivity index (χ4v) is 5.71. The number of carbonyl (C=O) groups excluding carboxylic acids is 2. The highest BCUT2D eigenvalue weighted by Gasteiger charge is 2.38. The molecule has 2 atom stereocenters. The SMILES string of the molecule is CCCCc1ccc(S(=O)(=O)C2CNC(SCC(=O)Nc3cc(F)ccc3C)NC2=O)cc1. The maximum Gasteiger partial charge on any atom is 0.241 e. The normalized spacial score (nSPS) is 18.6. The highest BCUT2D eigenvalue weighted by molar-refractivity contribution is 8.00. The van der Waals surface area contributed by atoms with Gasteiger partial charge in [0.2, 0.25) is 11.8 Å². The number of hydrogen-bond donors (Lipinski definition) is 3. The van der Waals surface area contributed by atoms with Crippen molar-refractivity contribution in [1.29, 1.82) is 0 Å². The highest BCUT2D eigenvalue weighted by Crippen LogP contribution is 2.21. The van der Waals surface area contributed by atoms with Crippen molar-refractivity contribution in [2.24, 2.45) is 0 Å². The van der Waals surface area contributed by atoms with Gasteiger partial charge in [0.25, 0.3) is 0 Å². The number of unbranched alkanes of at least 4 members (excludes halogenated alkanes) is 1. The Morgan fingerprint density at radius 1 is 1.21 bits per heavy atom. The third kappa shape index (κ3) is 6.55. The molecule has 2 amide bonds. The number of hydrogen-bond acceptors (Lipinski definition) is 6. The highest BCUT2D eigenvalue weighted by atomic mass is 32.2. The third-order valence-corrected chi connectivity index (χ3v) is 8.46. The zero-order valence-electron chi connectivity index (χ0n) is 18.6. The molecule has 2 aromatic rings. The van der Waals surface area contributed by atoms with Gasteiger partial charge in [0, 0.05) is 12.2 Å². The van der Waals surface area contributed by atoms with Gasteiger partial charge in [-0.2, -0.15) is 0 Å². The van der Waals surface area contributed by atoms with Crippen molar-refractivity contribution < 1.29 is 22.4 Å². The van der Waals surface area contributed by atoms with E-state index < -0.39 is 32.3 Å². The first-order valence-electron chi connectivity index (χ1n) is 10.7. The summed E-state index contributed by atoms with van der Waals surface area (Å²) in [7, 11) is -3.85. The Kier molecular flexibility index (Phi) is 8.50. The number of halogens is 1. The van der Waals surface area contributed by atoms with Crippen molar-refractivity contribution in [3.63, 3.8) is 0 Å². The number of thioether (sulfide) groups is 1. The lowest BCUT2D eigenvalue weighted by atomic mass is 10.1. The summed E-state index contributed by atoms with van der Waals surface area (Å²) in [6.45, 7) is 3.79. The standard InChI is InChI=1S/C23H28FN3O4S2/c1-3-4-5-16-7-10-18(11-8-16)33(30,31)20-13-25-23(27-22(20)29)32-14-21(28)26-19-12-17(24)9-6-15(19)2/h6-12,20,23,25H,3-5,13-14H2,1-2H3,(H,26,28)(H,27,29). The van der Waals surface area contributed by atoms with E-state index in [1.54, 1.807) is 37.3 Å². The van der Waals surface area contributed by atoms with Gasteiger partial charge in [-0.05, 0) is 55.2 Å². The molecule has 3 N–H and O–H groups in total. The van der Waals surface area contributed by atoms with E-state index in [-0.39, 0.29) is 23.1 Å². The Morgan fingerprint density at radius 3 is 2.61 bits per heavy atom. The van der Waals surface area contributed by atoms with Crippen molar-refractivity contribution in [3.8, 4) is 0 Å². The van der Waals surface area contributed by atoms with Gasteiger partial charge in [-0.1, -0.05) is 31.5 Å². The number of rotatable bonds is 9. The second-order valence-corrected chi connectivity index (χ2v) is 11.1. The van der Waals surface area contributed by atoms with Crippen molar-refractivity contribution in [2.75, 3.05) is 17.6 Å². The summed E-state index contributed by atoms with van der Waals surface area (Å²) in [4.78, 5) is 24.9. The zero-order valence-corrected chi connectivity index (χ0v) is 20.2. The first kappa shape index (κ1) is 25.2. The lowest BCUT2D eigenvalue weighted by Gasteiger charge is -2.29. The van der Waals surface area contributed by atoms with E-state index >= 15 is 0 Å². The van der Waals surface area contributed by atoms with Crippen LogP contribution in [-0.4, -0.2) is 43.3 Å². The number of sulfone groups is 1. The second kappa shape index (κ2) is 11.1. The fourth-order valence-electron chi connectivity index (χ4n) is 3.40. The predicted molar refractivity (Wildman–Crippen MR) is 128 cm³/mol. The molecule has 1 heterocycles. The largest absolute Gasteiger partial charge is 0.331 e. The summed E-state index contributed by atoms with van der Waals surface area (Å²) in [6.07, 6.45) is 2.97. The number of aryl methyl sites for hydroxylation is 2. The minimum absolute atomic E-state index is 0.00939. The Morgan fingerprint density at radius 2 is 1.94 bits per heavy atom. The van der Waals surface area contributed by atoms with Crippen LogP contribution in [0.15, 0.2) is 47.4 Å². The van der Waals surface area contributed by atoms with E-state index in [2.05, 4.69) is 22.9 Å². The van der Waals surface area contributed by atoms with Crippen molar-refractivity contribution in [3.05, 3.63) is 59.4 Å². The molecule has 0 saturated carbocycles. The van der Waals surface area contributed by atoms with E-state index in [0.717, 1.165) is 42.2 Å². The van der Waals surface area contributed by atoms with E-state index in [1.165, 1.54) is 12.1 Å². The molecule has 0 spiro atoms. The van der Waals surface area contributed by atoms with Gasteiger partial charge in [0.05, 0.1) is 10.6 Å². The monoisotopic (exact) mass is 493 g/mol. The van der Waals surface area contributed by atoms with Crippen LogP contribution in [0.5, 0.6) is 0 Å². The number of anilines is 1. The molecule has 2 aromatic carbocycles. The molecule has 0 aromatic heterocycles. The molecule has 7 nitrogen and oxygen atoms in total. The molecule has 0 radical (unpaired) electrons. The topological polar surface area (TPSA) is 104 Å². The maximum atomic E-state index is 13.4. The Labute approximate surface area is 197 Å². The van der Waals surface area contributed by atoms with Crippen LogP contribution < -0.4 is 16.0 Å². The van der Waals surface area contributed by atoms with Crippen LogP contribution in [0, 0.1) is 12.7 Å². The molecule has 0 aliphatic carbocycles. The Hall–Kier alpha value is -2.43. The number of benzene rings is 2. The smallest absolute Gasteiger partial charge is 0.241 e. The van der Waals surface area contributed by atoms with Crippen LogP contribution in [0.25, 0.3) is 0 Å². The van der Waals surface area contributed by atoms with Crippen LogP contribution in [-0.2, 0) is 25.8 Å². The van der Waals surface area contributed by atoms with Crippen LogP contribution in [0.2, 0.25) is 0 Å². The summed E-state index contributed by atoms with van der Waals surface area (Å²) < 4.78 is 39.3. The minimum atomic E-state index is -3.85. The number of nitrogens with one attached hydrogen (secondary N) is 3. The van der Waals surface area contributed by atoms with Gasteiger partial charge in [-0.3, -0.25) is 14.9 Å². The maximum absolute atomic E-state index is 13.4. The lowest BCUT2D eigenvalue weighted by Crippen LogP contribution is -2.59. The van der Waals surface area contributed by atoms with Gasteiger partial charge in [0.1, 0.15) is 11.3 Å². The molecule has 2 unspecified atom stereocenters. The molecule has 1 saturated heterocycles. The first-order chi connectivity index (χ1) is 15.7. The van der Waals surface area contributed by atoms with Crippen molar-refractivity contribution in [2.45, 2.75) is 48.8 Å². The summed E-state index contributed by atoms with van der Waals surface area (Å²) in [5, 5.41) is 6.97. The van der Waals surface area contributed by atoms with E-state index in [0.29, 0.717) is 5.69 Å². The second-order valence-electron chi connectivity index (χ2n) is 7.90. The van der Waals surface area contributed by atoms with Gasteiger partial charge in [-0.25, -0.2) is 12.8 Å². The van der Waals surface area contributed by atoms with Crippen molar-refractivity contribution >= 4 is 39.1 Å². The summed E-state index contributed by atoms with van der Waals surface area (Å²) in [5.41, 5.74) is 1.56. The zero-order chi connectivity index (χ0) is 24.0. The molecule has 0 bridgehead atoms. The number of carbonyl (C=O) groups is 2. The molecule has 33 heavy (non-hydrogen) atoms. The summed E-state index contributed by atoms with van der Waals surface area (Å²) in [6, 6.07) is 10.8. The predicted octanol–water partition coefficient (Wildman–Crippen LogP) is 2.99. The van der Waals surface area contributed by atoms with Gasteiger partial charge in [0.15, 0.2) is 15.1 Å². The Bertz CT molecular complexity index is 1110. The molecule has 1 fully saturated rings. The van der Waals surface area contributed by atoms with Crippen LogP contribution in [0.4, 0.5) is 10.1 Å². The average molecular weight is 494 g/mol. The molecular weight excluding hydrogens is 465 g/mol. The van der Waals surface area contributed by atoms with E-state index in [1.807, 2.05) is 0 Å².